The highest BCUT2D eigenvalue weighted by atomic mass is 16.2. The Hall–Kier alpha value is -2.08. The predicted molar refractivity (Wildman–Crippen MR) is 109 cm³/mol. The van der Waals surface area contributed by atoms with Crippen LogP contribution in [-0.2, 0) is 11.3 Å². The van der Waals surface area contributed by atoms with E-state index in [1.54, 1.807) is 0 Å². The number of anilines is 1. The summed E-state index contributed by atoms with van der Waals surface area (Å²) in [5.41, 5.74) is 2.34. The van der Waals surface area contributed by atoms with Crippen molar-refractivity contribution in [3.63, 3.8) is 0 Å². The Morgan fingerprint density at radius 2 is 1.78 bits per heavy atom. The first-order valence-corrected chi connectivity index (χ1v) is 10.1. The molecule has 2 rings (SSSR count). The van der Waals surface area contributed by atoms with Gasteiger partial charge in [-0.05, 0) is 38.8 Å². The highest BCUT2D eigenvalue weighted by Gasteiger charge is 2.26. The summed E-state index contributed by atoms with van der Waals surface area (Å²) in [6.45, 7) is 5.52. The zero-order chi connectivity index (χ0) is 19.8. The van der Waals surface area contributed by atoms with Crippen LogP contribution in [0.3, 0.4) is 0 Å². The van der Waals surface area contributed by atoms with Gasteiger partial charge in [-0.2, -0.15) is 0 Å². The van der Waals surface area contributed by atoms with Gasteiger partial charge in [-0.25, -0.2) is 4.79 Å². The second-order valence-corrected chi connectivity index (χ2v) is 7.77. The van der Waals surface area contributed by atoms with Gasteiger partial charge in [0, 0.05) is 31.4 Å². The van der Waals surface area contributed by atoms with Crippen molar-refractivity contribution in [2.75, 3.05) is 25.5 Å². The Morgan fingerprint density at radius 1 is 1.15 bits per heavy atom. The quantitative estimate of drug-likeness (QED) is 0.680. The number of carbonyl (C=O) groups excluding carboxylic acids is 2. The van der Waals surface area contributed by atoms with Gasteiger partial charge in [0.25, 0.3) is 5.91 Å². The zero-order valence-corrected chi connectivity index (χ0v) is 17.2. The van der Waals surface area contributed by atoms with Gasteiger partial charge in [0.15, 0.2) is 6.04 Å². The molecule has 2 atom stereocenters. The first-order chi connectivity index (χ1) is 12.9. The van der Waals surface area contributed by atoms with Crippen molar-refractivity contribution < 1.29 is 14.5 Å². The van der Waals surface area contributed by atoms with Crippen LogP contribution in [0, 0.1) is 0 Å². The fourth-order valence-corrected chi connectivity index (χ4v) is 3.63. The maximum absolute atomic E-state index is 12.5. The standard InChI is InChI=1S/C21H34N4O2/c1-5-25(15-17-11-13-19(14-12-17)24(3)4)16(2)20(26)23-21(27)22-18-9-7-6-8-10-18/h11-14,16,18H,5-10,15H2,1-4H3,(H2,22,23,26,27)/p+1/t16-/m0/s1. The maximum Gasteiger partial charge on any atom is 0.321 e. The van der Waals surface area contributed by atoms with Gasteiger partial charge in [-0.1, -0.05) is 31.4 Å². The van der Waals surface area contributed by atoms with Crippen molar-refractivity contribution in [2.45, 2.75) is 64.6 Å². The molecule has 1 aromatic carbocycles. The van der Waals surface area contributed by atoms with E-state index in [1.165, 1.54) is 12.0 Å². The molecule has 3 N–H and O–H groups in total. The topological polar surface area (TPSA) is 65.9 Å². The number of amides is 3. The summed E-state index contributed by atoms with van der Waals surface area (Å²) >= 11 is 0. The van der Waals surface area contributed by atoms with Crippen LogP contribution in [0.2, 0.25) is 0 Å². The highest BCUT2D eigenvalue weighted by molar-refractivity contribution is 5.96. The molecule has 0 bridgehead atoms. The molecule has 0 aliphatic heterocycles. The van der Waals surface area contributed by atoms with Gasteiger partial charge >= 0.3 is 6.03 Å². The monoisotopic (exact) mass is 375 g/mol. The fourth-order valence-electron chi connectivity index (χ4n) is 3.63. The highest BCUT2D eigenvalue weighted by Crippen LogP contribution is 2.17. The molecule has 150 valence electrons. The number of nitrogens with one attached hydrogen (secondary N) is 3. The number of hydrogen-bond donors (Lipinski definition) is 3. The molecule has 27 heavy (non-hydrogen) atoms. The smallest absolute Gasteiger partial charge is 0.321 e. The normalized spacial score (nSPS) is 17.0. The van der Waals surface area contributed by atoms with Crippen LogP contribution in [0.5, 0.6) is 0 Å². The minimum absolute atomic E-state index is 0.201. The molecule has 0 saturated heterocycles. The minimum atomic E-state index is -0.357. The number of benzene rings is 1. The second kappa shape index (κ2) is 10.3. The Bertz CT molecular complexity index is 609. The first-order valence-electron chi connectivity index (χ1n) is 10.1. The van der Waals surface area contributed by atoms with Crippen molar-refractivity contribution >= 4 is 17.6 Å². The van der Waals surface area contributed by atoms with E-state index in [4.69, 9.17) is 0 Å². The molecule has 1 aromatic rings. The minimum Gasteiger partial charge on any atom is -0.378 e. The van der Waals surface area contributed by atoms with E-state index in [0.29, 0.717) is 0 Å². The molecule has 1 aliphatic rings. The molecule has 0 radical (unpaired) electrons. The summed E-state index contributed by atoms with van der Waals surface area (Å²) in [5.74, 6) is -0.218. The predicted octanol–water partition coefficient (Wildman–Crippen LogP) is 1.70. The van der Waals surface area contributed by atoms with Crippen molar-refractivity contribution in [2.24, 2.45) is 0 Å². The van der Waals surface area contributed by atoms with E-state index in [1.807, 2.05) is 21.0 Å². The largest absolute Gasteiger partial charge is 0.378 e. The van der Waals surface area contributed by atoms with Gasteiger partial charge in [-0.15, -0.1) is 0 Å². The van der Waals surface area contributed by atoms with Gasteiger partial charge in [-0.3, -0.25) is 10.1 Å². The van der Waals surface area contributed by atoms with Crippen LogP contribution in [-0.4, -0.2) is 44.7 Å². The van der Waals surface area contributed by atoms with Crippen LogP contribution < -0.4 is 20.4 Å². The number of quaternary nitrogens is 1. The summed E-state index contributed by atoms with van der Waals surface area (Å²) in [6.07, 6.45) is 5.55. The SMILES string of the molecule is CC[NH+](Cc1ccc(N(C)C)cc1)[C@@H](C)C(=O)NC(=O)NC1CCCCC1. The summed E-state index contributed by atoms with van der Waals surface area (Å²) in [5, 5.41) is 5.48. The van der Waals surface area contributed by atoms with Gasteiger partial charge in [0.1, 0.15) is 6.54 Å². The number of urea groups is 1. The Kier molecular flexibility index (Phi) is 8.10. The molecule has 3 amide bonds. The van der Waals surface area contributed by atoms with Crippen molar-refractivity contribution in [3.05, 3.63) is 29.8 Å². The third kappa shape index (κ3) is 6.54. The molecule has 1 aliphatic carbocycles. The van der Waals surface area contributed by atoms with E-state index in [9.17, 15) is 9.59 Å². The molecule has 1 unspecified atom stereocenters. The Morgan fingerprint density at radius 3 is 2.33 bits per heavy atom. The number of carbonyl (C=O) groups is 2. The van der Waals surface area contributed by atoms with E-state index in [-0.39, 0.29) is 24.0 Å². The fraction of sp³-hybridized carbons (Fsp3) is 0.619. The lowest BCUT2D eigenvalue weighted by molar-refractivity contribution is -0.926. The van der Waals surface area contributed by atoms with E-state index >= 15 is 0 Å². The number of imide groups is 1. The van der Waals surface area contributed by atoms with Gasteiger partial charge < -0.3 is 15.1 Å². The van der Waals surface area contributed by atoms with E-state index < -0.39 is 0 Å². The van der Waals surface area contributed by atoms with Crippen molar-refractivity contribution in [1.29, 1.82) is 0 Å². The van der Waals surface area contributed by atoms with Crippen LogP contribution >= 0.6 is 0 Å². The lowest BCUT2D eigenvalue weighted by Crippen LogP contribution is -3.15. The molecule has 0 heterocycles. The van der Waals surface area contributed by atoms with Crippen molar-refractivity contribution in [3.8, 4) is 0 Å². The maximum atomic E-state index is 12.5. The van der Waals surface area contributed by atoms with Crippen LogP contribution in [0.4, 0.5) is 10.5 Å². The molecule has 6 nitrogen and oxygen atoms in total. The van der Waals surface area contributed by atoms with Crippen LogP contribution in [0.15, 0.2) is 24.3 Å². The number of likely N-dealkylation sites (N-methyl/N-ethyl adjacent to an activating group) is 1. The molecule has 1 fully saturated rings. The molecule has 6 heteroatoms. The van der Waals surface area contributed by atoms with Gasteiger partial charge in [0.2, 0.25) is 0 Å². The van der Waals surface area contributed by atoms with Crippen molar-refractivity contribution in [1.82, 2.24) is 10.6 Å². The lowest BCUT2D eigenvalue weighted by Gasteiger charge is -2.25. The molecular weight excluding hydrogens is 340 g/mol. The number of nitrogens with zero attached hydrogens (tertiary/aromatic N) is 1. The zero-order valence-electron chi connectivity index (χ0n) is 17.2. The third-order valence-electron chi connectivity index (χ3n) is 5.52. The lowest BCUT2D eigenvalue weighted by atomic mass is 9.96. The van der Waals surface area contributed by atoms with E-state index in [2.05, 4.69) is 46.7 Å². The summed E-state index contributed by atoms with van der Waals surface area (Å²) in [6, 6.07) is 7.93. The first kappa shape index (κ1) is 21.2. The molecule has 0 spiro atoms. The second-order valence-electron chi connectivity index (χ2n) is 7.77. The van der Waals surface area contributed by atoms with Gasteiger partial charge in [0.05, 0.1) is 6.54 Å². The average Bonchev–Trinajstić information content (AvgIpc) is 2.66. The Labute approximate surface area is 163 Å². The summed E-state index contributed by atoms with van der Waals surface area (Å²) in [4.78, 5) is 27.9. The number of hydrogen-bond acceptors (Lipinski definition) is 3. The summed E-state index contributed by atoms with van der Waals surface area (Å²) < 4.78 is 0. The molecule has 1 saturated carbocycles. The Balaban J connectivity index is 1.87. The molecular formula is C21H35N4O2+. The van der Waals surface area contributed by atoms with Crippen LogP contribution in [0.1, 0.15) is 51.5 Å². The average molecular weight is 376 g/mol. The molecule has 0 aromatic heterocycles. The summed E-state index contributed by atoms with van der Waals surface area (Å²) in [7, 11) is 4.03. The number of rotatable bonds is 7. The third-order valence-corrected chi connectivity index (χ3v) is 5.52. The van der Waals surface area contributed by atoms with Crippen LogP contribution in [0.25, 0.3) is 0 Å². The van der Waals surface area contributed by atoms with E-state index in [0.717, 1.165) is 49.4 Å².